The highest BCUT2D eigenvalue weighted by atomic mass is 16.5. The van der Waals surface area contributed by atoms with Crippen molar-refractivity contribution in [1.29, 1.82) is 0 Å². The van der Waals surface area contributed by atoms with E-state index in [1.165, 1.54) is 0 Å². The predicted molar refractivity (Wildman–Crippen MR) is 55.5 cm³/mol. The third-order valence-corrected chi connectivity index (χ3v) is 3.00. The van der Waals surface area contributed by atoms with Gasteiger partial charge in [0.25, 0.3) is 6.01 Å². The lowest BCUT2D eigenvalue weighted by Crippen LogP contribution is -2.41. The minimum absolute atomic E-state index is 0.0349. The zero-order valence-corrected chi connectivity index (χ0v) is 9.19. The van der Waals surface area contributed by atoms with Gasteiger partial charge in [-0.15, -0.1) is 0 Å². The van der Waals surface area contributed by atoms with Crippen molar-refractivity contribution in [2.75, 3.05) is 11.9 Å². The third kappa shape index (κ3) is 1.88. The zero-order valence-electron chi connectivity index (χ0n) is 9.19. The maximum absolute atomic E-state index is 10.6. The molecule has 0 aliphatic carbocycles. The highest BCUT2D eigenvalue weighted by molar-refractivity contribution is 5.85. The van der Waals surface area contributed by atoms with Gasteiger partial charge < -0.3 is 19.6 Å². The predicted octanol–water partition coefficient (Wildman–Crippen LogP) is 1.35. The lowest BCUT2D eigenvalue weighted by Gasteiger charge is -2.27. The molecule has 88 valence electrons. The Morgan fingerprint density at radius 1 is 1.75 bits per heavy atom. The number of aromatic nitrogens is 1. The molecule has 2 rings (SSSR count). The van der Waals surface area contributed by atoms with Crippen LogP contribution in [0.1, 0.15) is 30.8 Å². The van der Waals surface area contributed by atoms with E-state index in [4.69, 9.17) is 14.3 Å². The van der Waals surface area contributed by atoms with Crippen molar-refractivity contribution >= 4 is 12.0 Å². The summed E-state index contributed by atoms with van der Waals surface area (Å²) in [6, 6.07) is 0.220. The van der Waals surface area contributed by atoms with E-state index in [1.807, 2.05) is 13.8 Å². The molecule has 16 heavy (non-hydrogen) atoms. The molecule has 0 radical (unpaired) electrons. The molecular weight excluding hydrogens is 212 g/mol. The van der Waals surface area contributed by atoms with Crippen LogP contribution in [0.4, 0.5) is 6.01 Å². The topological polar surface area (TPSA) is 84.6 Å². The molecule has 0 spiro atoms. The lowest BCUT2D eigenvalue weighted by molar-refractivity contribution is 0.0690. The van der Waals surface area contributed by atoms with Gasteiger partial charge in [-0.25, -0.2) is 4.79 Å². The molecule has 6 nitrogen and oxygen atoms in total. The average Bonchev–Trinajstić information content (AvgIpc) is 2.76. The average molecular weight is 226 g/mol. The van der Waals surface area contributed by atoms with Crippen molar-refractivity contribution < 1.29 is 19.1 Å². The molecule has 2 heterocycles. The standard InChI is InChI=1S/C10H14N2O4/c1-6-10(2,3-4-15-6)12-9-11-7(5-16-9)8(13)14/h5-6H,3-4H2,1-2H3,(H,11,12)(H,13,14). The van der Waals surface area contributed by atoms with Crippen LogP contribution in [0.25, 0.3) is 0 Å². The van der Waals surface area contributed by atoms with Gasteiger partial charge in [0, 0.05) is 6.61 Å². The monoisotopic (exact) mass is 226 g/mol. The number of hydrogen-bond acceptors (Lipinski definition) is 5. The van der Waals surface area contributed by atoms with Crippen molar-refractivity contribution in [2.45, 2.75) is 31.9 Å². The van der Waals surface area contributed by atoms with E-state index in [-0.39, 0.29) is 23.4 Å². The van der Waals surface area contributed by atoms with Crippen LogP contribution in [-0.4, -0.2) is 34.3 Å². The highest BCUT2D eigenvalue weighted by Crippen LogP contribution is 2.29. The third-order valence-electron chi connectivity index (χ3n) is 3.00. The van der Waals surface area contributed by atoms with Gasteiger partial charge in [0.15, 0.2) is 5.69 Å². The van der Waals surface area contributed by atoms with Crippen molar-refractivity contribution in [3.05, 3.63) is 12.0 Å². The summed E-state index contributed by atoms with van der Waals surface area (Å²) in [5, 5.41) is 11.8. The molecule has 0 bridgehead atoms. The van der Waals surface area contributed by atoms with Crippen LogP contribution < -0.4 is 5.32 Å². The van der Waals surface area contributed by atoms with E-state index < -0.39 is 5.97 Å². The van der Waals surface area contributed by atoms with E-state index in [1.54, 1.807) is 0 Å². The minimum Gasteiger partial charge on any atom is -0.476 e. The first-order valence-electron chi connectivity index (χ1n) is 5.10. The Bertz CT molecular complexity index is 403. The summed E-state index contributed by atoms with van der Waals surface area (Å²) in [6.07, 6.45) is 1.99. The van der Waals surface area contributed by atoms with Gasteiger partial charge in [-0.1, -0.05) is 0 Å². The number of rotatable bonds is 3. The number of hydrogen-bond donors (Lipinski definition) is 2. The molecule has 0 saturated carbocycles. The van der Waals surface area contributed by atoms with Gasteiger partial charge in [0.05, 0.1) is 11.6 Å². The Balaban J connectivity index is 2.11. The van der Waals surface area contributed by atoms with Gasteiger partial charge in [0.2, 0.25) is 0 Å². The highest BCUT2D eigenvalue weighted by Gasteiger charge is 2.38. The van der Waals surface area contributed by atoms with Crippen LogP contribution in [-0.2, 0) is 4.74 Å². The Morgan fingerprint density at radius 3 is 3.00 bits per heavy atom. The van der Waals surface area contributed by atoms with Crippen molar-refractivity contribution in [3.63, 3.8) is 0 Å². The molecule has 1 aliphatic heterocycles. The van der Waals surface area contributed by atoms with E-state index in [0.29, 0.717) is 6.61 Å². The Kier molecular flexibility index (Phi) is 2.59. The maximum Gasteiger partial charge on any atom is 0.357 e. The molecule has 6 heteroatoms. The minimum atomic E-state index is -1.10. The van der Waals surface area contributed by atoms with Crippen LogP contribution in [0, 0.1) is 0 Å². The molecule has 0 aromatic carbocycles. The van der Waals surface area contributed by atoms with Crippen LogP contribution in [0.5, 0.6) is 0 Å². The summed E-state index contributed by atoms with van der Waals surface area (Å²) in [5.41, 5.74) is -0.363. The largest absolute Gasteiger partial charge is 0.476 e. The van der Waals surface area contributed by atoms with Gasteiger partial charge in [0.1, 0.15) is 6.26 Å². The van der Waals surface area contributed by atoms with Crippen molar-refractivity contribution in [2.24, 2.45) is 0 Å². The molecule has 1 aromatic rings. The van der Waals surface area contributed by atoms with Gasteiger partial charge in [-0.2, -0.15) is 4.98 Å². The smallest absolute Gasteiger partial charge is 0.357 e. The van der Waals surface area contributed by atoms with Gasteiger partial charge >= 0.3 is 5.97 Å². The number of carboxylic acid groups (broad SMARTS) is 1. The molecule has 0 amide bonds. The van der Waals surface area contributed by atoms with Crippen molar-refractivity contribution in [1.82, 2.24) is 4.98 Å². The van der Waals surface area contributed by atoms with E-state index in [2.05, 4.69) is 10.3 Å². The number of ether oxygens (including phenoxy) is 1. The number of nitrogens with zero attached hydrogens (tertiary/aromatic N) is 1. The number of nitrogens with one attached hydrogen (secondary N) is 1. The summed E-state index contributed by atoms with van der Waals surface area (Å²) >= 11 is 0. The summed E-state index contributed by atoms with van der Waals surface area (Å²) in [7, 11) is 0. The summed E-state index contributed by atoms with van der Waals surface area (Å²) in [5.74, 6) is -1.10. The number of carboxylic acids is 1. The second-order valence-electron chi connectivity index (χ2n) is 4.15. The maximum atomic E-state index is 10.6. The van der Waals surface area contributed by atoms with Gasteiger partial charge in [-0.05, 0) is 20.3 Å². The fourth-order valence-electron chi connectivity index (χ4n) is 1.67. The molecule has 1 aliphatic rings. The fraction of sp³-hybridized carbons (Fsp3) is 0.600. The molecule has 1 aromatic heterocycles. The number of anilines is 1. The molecule has 2 unspecified atom stereocenters. The SMILES string of the molecule is CC1OCCC1(C)Nc1nc(C(=O)O)co1. The molecular formula is C10H14N2O4. The van der Waals surface area contributed by atoms with E-state index >= 15 is 0 Å². The summed E-state index contributed by atoms with van der Waals surface area (Å²) < 4.78 is 10.5. The Labute approximate surface area is 92.6 Å². The molecule has 1 saturated heterocycles. The molecule has 1 fully saturated rings. The molecule has 2 atom stereocenters. The first-order valence-corrected chi connectivity index (χ1v) is 5.10. The lowest BCUT2D eigenvalue weighted by atomic mass is 9.95. The second-order valence-corrected chi connectivity index (χ2v) is 4.15. The normalized spacial score (nSPS) is 29.2. The van der Waals surface area contributed by atoms with Crippen LogP contribution in [0.15, 0.2) is 10.7 Å². The van der Waals surface area contributed by atoms with Crippen molar-refractivity contribution in [3.8, 4) is 0 Å². The quantitative estimate of drug-likeness (QED) is 0.809. The molecule has 2 N–H and O–H groups in total. The van der Waals surface area contributed by atoms with Crippen LogP contribution in [0.3, 0.4) is 0 Å². The first-order chi connectivity index (χ1) is 7.51. The summed E-state index contributed by atoms with van der Waals surface area (Å²) in [6.45, 7) is 4.63. The van der Waals surface area contributed by atoms with Gasteiger partial charge in [-0.3, -0.25) is 0 Å². The number of aromatic carboxylic acids is 1. The zero-order chi connectivity index (χ0) is 11.8. The number of oxazole rings is 1. The van der Waals surface area contributed by atoms with Crippen LogP contribution >= 0.6 is 0 Å². The Hall–Kier alpha value is -1.56. The second kappa shape index (κ2) is 3.79. The van der Waals surface area contributed by atoms with Crippen LogP contribution in [0.2, 0.25) is 0 Å². The summed E-state index contributed by atoms with van der Waals surface area (Å²) in [4.78, 5) is 14.4. The van der Waals surface area contributed by atoms with E-state index in [0.717, 1.165) is 12.7 Å². The number of carbonyl (C=O) groups is 1. The Morgan fingerprint density at radius 2 is 2.50 bits per heavy atom. The first kappa shape index (κ1) is 10.9. The van der Waals surface area contributed by atoms with E-state index in [9.17, 15) is 4.79 Å². The fourth-order valence-corrected chi connectivity index (χ4v) is 1.67.